The lowest BCUT2D eigenvalue weighted by Crippen LogP contribution is -2.46. The molecule has 1 heterocycles. The molecule has 2 rings (SSSR count). The molecule has 1 aromatic carbocycles. The summed E-state index contributed by atoms with van der Waals surface area (Å²) in [5.74, 6) is 2.71. The second-order valence-electron chi connectivity index (χ2n) is 4.56. The molecule has 0 aromatic heterocycles. The van der Waals surface area contributed by atoms with Gasteiger partial charge in [0, 0.05) is 45.7 Å². The van der Waals surface area contributed by atoms with Crippen LogP contribution in [-0.2, 0) is 6.54 Å². The van der Waals surface area contributed by atoms with Crippen molar-refractivity contribution in [3.63, 3.8) is 0 Å². The molecule has 1 aliphatic heterocycles. The van der Waals surface area contributed by atoms with E-state index in [-0.39, 0.29) is 0 Å². The highest BCUT2D eigenvalue weighted by Gasteiger charge is 2.15. The predicted octanol–water partition coefficient (Wildman–Crippen LogP) is 1.83. The van der Waals surface area contributed by atoms with Crippen LogP contribution in [0.4, 0.5) is 0 Å². The van der Waals surface area contributed by atoms with E-state index in [1.54, 1.807) is 0 Å². The van der Waals surface area contributed by atoms with Gasteiger partial charge >= 0.3 is 0 Å². The Balaban J connectivity index is 1.74. The van der Waals surface area contributed by atoms with Crippen molar-refractivity contribution in [1.82, 2.24) is 9.80 Å². The first-order valence-corrected chi connectivity index (χ1v) is 6.30. The molecule has 90 valence electrons. The van der Waals surface area contributed by atoms with Crippen molar-refractivity contribution in [2.45, 2.75) is 13.0 Å². The number of rotatable bonds is 4. The highest BCUT2D eigenvalue weighted by Crippen LogP contribution is 2.08. The van der Waals surface area contributed by atoms with Crippen molar-refractivity contribution < 1.29 is 0 Å². The molecular weight excluding hydrogens is 208 g/mol. The van der Waals surface area contributed by atoms with Crippen LogP contribution in [0, 0.1) is 12.3 Å². The van der Waals surface area contributed by atoms with E-state index in [2.05, 4.69) is 46.1 Å². The van der Waals surface area contributed by atoms with Crippen molar-refractivity contribution in [1.29, 1.82) is 0 Å². The van der Waals surface area contributed by atoms with E-state index in [4.69, 9.17) is 6.42 Å². The third-order valence-electron chi connectivity index (χ3n) is 3.29. The van der Waals surface area contributed by atoms with Crippen molar-refractivity contribution >= 4 is 0 Å². The van der Waals surface area contributed by atoms with Gasteiger partial charge < -0.3 is 0 Å². The van der Waals surface area contributed by atoms with Crippen LogP contribution >= 0.6 is 0 Å². The summed E-state index contributed by atoms with van der Waals surface area (Å²) in [5, 5.41) is 0. The minimum atomic E-state index is 0.874. The van der Waals surface area contributed by atoms with E-state index in [1.807, 2.05) is 0 Å². The topological polar surface area (TPSA) is 6.48 Å². The molecule has 0 radical (unpaired) electrons. The van der Waals surface area contributed by atoms with Gasteiger partial charge in [-0.1, -0.05) is 30.3 Å². The molecule has 0 bridgehead atoms. The fourth-order valence-corrected chi connectivity index (χ4v) is 2.24. The third-order valence-corrected chi connectivity index (χ3v) is 3.29. The van der Waals surface area contributed by atoms with Gasteiger partial charge in [0.25, 0.3) is 0 Å². The molecular formula is C15H20N2. The van der Waals surface area contributed by atoms with E-state index in [1.165, 1.54) is 5.56 Å². The van der Waals surface area contributed by atoms with E-state index in [0.29, 0.717) is 0 Å². The lowest BCUT2D eigenvalue weighted by Gasteiger charge is -2.34. The summed E-state index contributed by atoms with van der Waals surface area (Å²) in [6.07, 6.45) is 6.16. The Labute approximate surface area is 104 Å². The number of piperazine rings is 1. The fraction of sp³-hybridized carbons (Fsp3) is 0.467. The maximum absolute atomic E-state index is 5.29. The van der Waals surface area contributed by atoms with Gasteiger partial charge in [-0.3, -0.25) is 9.80 Å². The first-order chi connectivity index (χ1) is 8.38. The molecule has 0 spiro atoms. The summed E-state index contributed by atoms with van der Waals surface area (Å²) >= 11 is 0. The minimum Gasteiger partial charge on any atom is -0.300 e. The number of terminal acetylenes is 1. The highest BCUT2D eigenvalue weighted by molar-refractivity contribution is 5.14. The molecule has 17 heavy (non-hydrogen) atoms. The van der Waals surface area contributed by atoms with Crippen LogP contribution in [0.2, 0.25) is 0 Å². The summed E-state index contributed by atoms with van der Waals surface area (Å²) < 4.78 is 0. The molecule has 1 saturated heterocycles. The molecule has 2 nitrogen and oxygen atoms in total. The van der Waals surface area contributed by atoms with Crippen LogP contribution in [0.3, 0.4) is 0 Å². The molecule has 0 N–H and O–H groups in total. The Morgan fingerprint density at radius 3 is 2.29 bits per heavy atom. The average Bonchev–Trinajstić information content (AvgIpc) is 2.39. The van der Waals surface area contributed by atoms with Gasteiger partial charge in [0.05, 0.1) is 0 Å². The maximum Gasteiger partial charge on any atom is 0.0234 e. The van der Waals surface area contributed by atoms with Crippen LogP contribution in [0.25, 0.3) is 0 Å². The standard InChI is InChI=1S/C15H20N2/c1-2-3-9-16-10-12-17(13-11-16)14-15-7-5-4-6-8-15/h1,4-8H,3,9-14H2. The van der Waals surface area contributed by atoms with Gasteiger partial charge in [0.15, 0.2) is 0 Å². The predicted molar refractivity (Wildman–Crippen MR) is 71.6 cm³/mol. The second-order valence-corrected chi connectivity index (χ2v) is 4.56. The lowest BCUT2D eigenvalue weighted by molar-refractivity contribution is 0.129. The van der Waals surface area contributed by atoms with E-state index in [9.17, 15) is 0 Å². The Kier molecular flexibility index (Phi) is 4.61. The zero-order chi connectivity index (χ0) is 11.9. The van der Waals surface area contributed by atoms with Crippen molar-refractivity contribution in [2.24, 2.45) is 0 Å². The third kappa shape index (κ3) is 3.89. The van der Waals surface area contributed by atoms with Crippen molar-refractivity contribution in [2.75, 3.05) is 32.7 Å². The normalized spacial score (nSPS) is 17.8. The van der Waals surface area contributed by atoms with Crippen LogP contribution in [0.15, 0.2) is 30.3 Å². The summed E-state index contributed by atoms with van der Waals surface area (Å²) in [5.41, 5.74) is 1.41. The van der Waals surface area contributed by atoms with E-state index < -0.39 is 0 Å². The molecule has 1 aliphatic rings. The van der Waals surface area contributed by atoms with Gasteiger partial charge in [0.2, 0.25) is 0 Å². The Hall–Kier alpha value is -1.30. The molecule has 1 fully saturated rings. The van der Waals surface area contributed by atoms with E-state index >= 15 is 0 Å². The fourth-order valence-electron chi connectivity index (χ4n) is 2.24. The zero-order valence-corrected chi connectivity index (χ0v) is 10.3. The minimum absolute atomic E-state index is 0.874. The average molecular weight is 228 g/mol. The van der Waals surface area contributed by atoms with Gasteiger partial charge in [-0.2, -0.15) is 0 Å². The van der Waals surface area contributed by atoms with Crippen LogP contribution in [-0.4, -0.2) is 42.5 Å². The molecule has 0 atom stereocenters. The van der Waals surface area contributed by atoms with Crippen molar-refractivity contribution in [3.8, 4) is 12.3 Å². The van der Waals surface area contributed by atoms with Gasteiger partial charge in [-0.15, -0.1) is 12.3 Å². The van der Waals surface area contributed by atoms with Gasteiger partial charge in [0.1, 0.15) is 0 Å². The van der Waals surface area contributed by atoms with Crippen LogP contribution in [0.5, 0.6) is 0 Å². The quantitative estimate of drug-likeness (QED) is 0.725. The van der Waals surface area contributed by atoms with Crippen molar-refractivity contribution in [3.05, 3.63) is 35.9 Å². The summed E-state index contributed by atoms with van der Waals surface area (Å²) in [6, 6.07) is 10.7. The Morgan fingerprint density at radius 1 is 1.00 bits per heavy atom. The summed E-state index contributed by atoms with van der Waals surface area (Å²) in [4.78, 5) is 4.98. The smallest absolute Gasteiger partial charge is 0.0234 e. The zero-order valence-electron chi connectivity index (χ0n) is 10.3. The Bertz CT molecular complexity index is 358. The van der Waals surface area contributed by atoms with Crippen LogP contribution in [0.1, 0.15) is 12.0 Å². The van der Waals surface area contributed by atoms with Gasteiger partial charge in [-0.25, -0.2) is 0 Å². The molecule has 2 heteroatoms. The number of benzene rings is 1. The summed E-state index contributed by atoms with van der Waals surface area (Å²) in [7, 11) is 0. The summed E-state index contributed by atoms with van der Waals surface area (Å²) in [6.45, 7) is 6.72. The highest BCUT2D eigenvalue weighted by atomic mass is 15.3. The molecule has 0 amide bonds. The largest absolute Gasteiger partial charge is 0.300 e. The number of nitrogens with zero attached hydrogens (tertiary/aromatic N) is 2. The molecule has 0 aliphatic carbocycles. The van der Waals surface area contributed by atoms with E-state index in [0.717, 1.165) is 45.7 Å². The Morgan fingerprint density at radius 2 is 1.65 bits per heavy atom. The number of hydrogen-bond donors (Lipinski definition) is 0. The van der Waals surface area contributed by atoms with Gasteiger partial charge in [-0.05, 0) is 5.56 Å². The first kappa shape index (κ1) is 12.2. The maximum atomic E-state index is 5.29. The monoisotopic (exact) mass is 228 g/mol. The first-order valence-electron chi connectivity index (χ1n) is 6.30. The molecule has 0 saturated carbocycles. The molecule has 0 unspecified atom stereocenters. The lowest BCUT2D eigenvalue weighted by atomic mass is 10.2. The number of hydrogen-bond acceptors (Lipinski definition) is 2. The van der Waals surface area contributed by atoms with Crippen LogP contribution < -0.4 is 0 Å². The SMILES string of the molecule is C#CCCN1CCN(Cc2ccccc2)CC1. The second kappa shape index (κ2) is 6.44. The molecule has 1 aromatic rings.